The Morgan fingerprint density at radius 1 is 1.05 bits per heavy atom. The molecule has 0 saturated carbocycles. The fraction of sp³-hybridized carbons (Fsp3) is 0.250. The number of imidazole rings is 1. The van der Waals surface area contributed by atoms with Crippen LogP contribution in [0.5, 0.6) is 5.75 Å². The first-order valence-corrected chi connectivity index (χ1v) is 15.5. The van der Waals surface area contributed by atoms with Crippen LogP contribution in [0.15, 0.2) is 90.3 Å². The van der Waals surface area contributed by atoms with E-state index < -0.39 is 33.6 Å². The average Bonchev–Trinajstić information content (AvgIpc) is 3.51. The molecule has 0 saturated heterocycles. The summed E-state index contributed by atoms with van der Waals surface area (Å²) in [6.07, 6.45) is 5.97. The maximum atomic E-state index is 13.8. The van der Waals surface area contributed by atoms with Crippen molar-refractivity contribution in [2.45, 2.75) is 49.0 Å². The van der Waals surface area contributed by atoms with Gasteiger partial charge in [-0.1, -0.05) is 36.4 Å². The average molecular weight is 602 g/mol. The number of hydrogen-bond donors (Lipinski definition) is 2. The second-order valence-electron chi connectivity index (χ2n) is 10.3. The van der Waals surface area contributed by atoms with Crippen molar-refractivity contribution >= 4 is 27.5 Å². The molecule has 1 amide bonds. The number of fused-ring (bicyclic) bond motifs is 1. The third-order valence-corrected chi connectivity index (χ3v) is 8.95. The van der Waals surface area contributed by atoms with Gasteiger partial charge in [0.2, 0.25) is 0 Å². The van der Waals surface area contributed by atoms with E-state index >= 15 is 0 Å². The van der Waals surface area contributed by atoms with Gasteiger partial charge in [-0.25, -0.2) is 13.4 Å². The highest BCUT2D eigenvalue weighted by molar-refractivity contribution is 7.90. The van der Waals surface area contributed by atoms with Crippen LogP contribution in [0.2, 0.25) is 0 Å². The molecule has 1 atom stereocenters. The van der Waals surface area contributed by atoms with Crippen LogP contribution in [0.4, 0.5) is 0 Å². The SMILES string of the molecule is O=C(O)CCNC(=O)c1cccc(S(=O)(=O)Cc2c(O[C@H](Cn3ccnc3)c3ccccc3)ccc3c2CCCC3=O)c1. The second kappa shape index (κ2) is 13.0. The number of hydrogen-bond acceptors (Lipinski definition) is 7. The number of carboxylic acids is 1. The van der Waals surface area contributed by atoms with E-state index in [4.69, 9.17) is 9.84 Å². The Balaban J connectivity index is 1.50. The summed E-state index contributed by atoms with van der Waals surface area (Å²) in [5.74, 6) is -1.73. The lowest BCUT2D eigenvalue weighted by molar-refractivity contribution is -0.136. The highest BCUT2D eigenvalue weighted by Gasteiger charge is 2.28. The van der Waals surface area contributed by atoms with Crippen LogP contribution in [-0.2, 0) is 33.4 Å². The molecular formula is C32H31N3O7S. The Morgan fingerprint density at radius 2 is 1.86 bits per heavy atom. The minimum absolute atomic E-state index is 0.0375. The van der Waals surface area contributed by atoms with Crippen LogP contribution < -0.4 is 10.1 Å². The van der Waals surface area contributed by atoms with Gasteiger partial charge in [-0.3, -0.25) is 14.4 Å². The fourth-order valence-electron chi connectivity index (χ4n) is 5.15. The molecule has 0 fully saturated rings. The molecule has 4 aromatic rings. The van der Waals surface area contributed by atoms with Gasteiger partial charge < -0.3 is 19.7 Å². The Labute approximate surface area is 249 Å². The molecule has 1 heterocycles. The van der Waals surface area contributed by atoms with Crippen molar-refractivity contribution in [1.82, 2.24) is 14.9 Å². The van der Waals surface area contributed by atoms with E-state index in [-0.39, 0.29) is 29.2 Å². The molecule has 0 aliphatic heterocycles. The maximum Gasteiger partial charge on any atom is 0.305 e. The molecule has 10 nitrogen and oxygen atoms in total. The summed E-state index contributed by atoms with van der Waals surface area (Å²) in [4.78, 5) is 40.2. The van der Waals surface area contributed by atoms with Crippen molar-refractivity contribution in [1.29, 1.82) is 0 Å². The van der Waals surface area contributed by atoms with Gasteiger partial charge in [-0.15, -0.1) is 0 Å². The Hall–Kier alpha value is -4.77. The first-order chi connectivity index (χ1) is 20.7. The molecule has 1 aliphatic carbocycles. The number of carbonyl (C=O) groups excluding carboxylic acids is 2. The summed E-state index contributed by atoms with van der Waals surface area (Å²) in [5.41, 5.74) is 2.57. The van der Waals surface area contributed by atoms with E-state index in [1.54, 1.807) is 24.7 Å². The predicted octanol–water partition coefficient (Wildman–Crippen LogP) is 4.40. The van der Waals surface area contributed by atoms with Crippen molar-refractivity contribution in [3.8, 4) is 5.75 Å². The number of nitrogens with one attached hydrogen (secondary N) is 1. The van der Waals surface area contributed by atoms with E-state index in [1.807, 2.05) is 41.1 Å². The van der Waals surface area contributed by atoms with Crippen LogP contribution >= 0.6 is 0 Å². The summed E-state index contributed by atoms with van der Waals surface area (Å²) < 4.78 is 36.2. The van der Waals surface area contributed by atoms with Crippen molar-refractivity contribution in [2.24, 2.45) is 0 Å². The largest absolute Gasteiger partial charge is 0.484 e. The van der Waals surface area contributed by atoms with E-state index in [1.165, 1.54) is 24.3 Å². The number of carboxylic acid groups (broad SMARTS) is 1. The first kappa shape index (κ1) is 29.7. The van der Waals surface area contributed by atoms with E-state index in [9.17, 15) is 22.8 Å². The number of Topliss-reactive ketones (excluding diaryl/α,β-unsaturated/α-hetero) is 1. The Bertz CT molecular complexity index is 1740. The van der Waals surface area contributed by atoms with E-state index in [0.717, 1.165) is 5.56 Å². The molecule has 0 bridgehead atoms. The van der Waals surface area contributed by atoms with Gasteiger partial charge in [0.25, 0.3) is 5.91 Å². The van der Waals surface area contributed by atoms with E-state index in [0.29, 0.717) is 48.2 Å². The maximum absolute atomic E-state index is 13.8. The standard InChI is InChI=1S/C32H31N3O7S/c36-28-11-5-10-25-26(28)12-13-29(42-30(19-35-17-16-33-21-35)22-6-2-1-3-7-22)27(25)20-43(40,41)24-9-4-8-23(18-24)32(39)34-15-14-31(37)38/h1-4,6-9,12-13,16-18,21,30H,5,10-11,14-15,19-20H2,(H,34,39)(H,37,38)/t30-/m1/s1. The summed E-state index contributed by atoms with van der Waals surface area (Å²) in [6.45, 7) is 0.336. The molecule has 1 aliphatic rings. The molecule has 43 heavy (non-hydrogen) atoms. The van der Waals surface area contributed by atoms with Crippen molar-refractivity contribution < 1.29 is 32.6 Å². The highest BCUT2D eigenvalue weighted by atomic mass is 32.2. The second-order valence-corrected chi connectivity index (χ2v) is 12.3. The van der Waals surface area contributed by atoms with Crippen LogP contribution in [0, 0.1) is 0 Å². The number of nitrogens with zero attached hydrogens (tertiary/aromatic N) is 2. The van der Waals surface area contributed by atoms with Crippen LogP contribution in [0.25, 0.3) is 0 Å². The molecule has 0 spiro atoms. The number of aliphatic carboxylic acids is 1. The number of carbonyl (C=O) groups is 3. The highest BCUT2D eigenvalue weighted by Crippen LogP contribution is 2.36. The molecule has 0 unspecified atom stereocenters. The minimum atomic E-state index is -4.01. The monoisotopic (exact) mass is 601 g/mol. The van der Waals surface area contributed by atoms with Crippen molar-refractivity contribution in [3.05, 3.63) is 113 Å². The Morgan fingerprint density at radius 3 is 2.60 bits per heavy atom. The lowest BCUT2D eigenvalue weighted by Gasteiger charge is -2.26. The molecule has 11 heteroatoms. The van der Waals surface area contributed by atoms with Gasteiger partial charge in [0.15, 0.2) is 15.6 Å². The normalized spacial score (nSPS) is 13.6. The number of benzene rings is 3. The number of ketones is 1. The van der Waals surface area contributed by atoms with Gasteiger partial charge in [-0.05, 0) is 54.3 Å². The molecule has 5 rings (SSSR count). The fourth-order valence-corrected chi connectivity index (χ4v) is 6.61. The van der Waals surface area contributed by atoms with Gasteiger partial charge in [-0.2, -0.15) is 0 Å². The number of ether oxygens (including phenoxy) is 1. The predicted molar refractivity (Wildman–Crippen MR) is 158 cm³/mol. The summed E-state index contributed by atoms with van der Waals surface area (Å²) >= 11 is 0. The van der Waals surface area contributed by atoms with Crippen molar-refractivity contribution in [3.63, 3.8) is 0 Å². The minimum Gasteiger partial charge on any atom is -0.484 e. The topological polar surface area (TPSA) is 145 Å². The molecule has 1 aromatic heterocycles. The summed E-state index contributed by atoms with van der Waals surface area (Å²) in [6, 6.07) is 18.6. The summed E-state index contributed by atoms with van der Waals surface area (Å²) in [7, 11) is -4.01. The van der Waals surface area contributed by atoms with Crippen molar-refractivity contribution in [2.75, 3.05) is 6.54 Å². The van der Waals surface area contributed by atoms with Crippen LogP contribution in [0.1, 0.15) is 62.8 Å². The van der Waals surface area contributed by atoms with Crippen LogP contribution in [-0.4, -0.2) is 47.3 Å². The quantitative estimate of drug-likeness (QED) is 0.243. The number of sulfone groups is 1. The lowest BCUT2D eigenvalue weighted by Crippen LogP contribution is -2.26. The molecule has 0 radical (unpaired) electrons. The number of rotatable bonds is 12. The summed E-state index contributed by atoms with van der Waals surface area (Å²) in [5, 5.41) is 11.3. The van der Waals surface area contributed by atoms with Crippen LogP contribution in [0.3, 0.4) is 0 Å². The number of aromatic nitrogens is 2. The van der Waals surface area contributed by atoms with E-state index in [2.05, 4.69) is 10.3 Å². The Kier molecular flexibility index (Phi) is 9.01. The first-order valence-electron chi connectivity index (χ1n) is 13.9. The smallest absolute Gasteiger partial charge is 0.305 e. The third-order valence-electron chi connectivity index (χ3n) is 7.31. The molecular weight excluding hydrogens is 570 g/mol. The molecule has 3 aromatic carbocycles. The lowest BCUT2D eigenvalue weighted by atomic mass is 9.87. The zero-order chi connectivity index (χ0) is 30.4. The number of amides is 1. The van der Waals surface area contributed by atoms with Gasteiger partial charge >= 0.3 is 5.97 Å². The third kappa shape index (κ3) is 7.18. The van der Waals surface area contributed by atoms with Gasteiger partial charge in [0.1, 0.15) is 11.9 Å². The molecule has 222 valence electrons. The zero-order valence-electron chi connectivity index (χ0n) is 23.3. The molecule has 2 N–H and O–H groups in total. The van der Waals surface area contributed by atoms with Gasteiger partial charge in [0.05, 0.1) is 29.9 Å². The van der Waals surface area contributed by atoms with Gasteiger partial charge in [0, 0.05) is 42.0 Å². The zero-order valence-corrected chi connectivity index (χ0v) is 24.1.